The molecular weight excluding hydrogens is 306 g/mol. The molecule has 1 saturated heterocycles. The zero-order valence-electron chi connectivity index (χ0n) is 15.0. The van der Waals surface area contributed by atoms with Gasteiger partial charge in [-0.25, -0.2) is 0 Å². The van der Waals surface area contributed by atoms with Gasteiger partial charge in [0, 0.05) is 44.5 Å². The fourth-order valence-corrected chi connectivity index (χ4v) is 3.15. The molecule has 1 fully saturated rings. The standard InChI is InChI=1S/C17H27N5O2/c1-11(2)16-19-17(24-21-16)15(13-5-7-23-8-6-13)18-9-14-10-22(4)20-12(14)3/h10-11,13,15,18H,5-9H2,1-4H3/t15-/m1/s1. The number of hydrogen-bond donors (Lipinski definition) is 1. The molecule has 1 atom stereocenters. The highest BCUT2D eigenvalue weighted by Crippen LogP contribution is 2.30. The fourth-order valence-electron chi connectivity index (χ4n) is 3.15. The van der Waals surface area contributed by atoms with Gasteiger partial charge in [-0.1, -0.05) is 19.0 Å². The van der Waals surface area contributed by atoms with Gasteiger partial charge in [-0.2, -0.15) is 10.1 Å². The maximum Gasteiger partial charge on any atom is 0.244 e. The Kier molecular flexibility index (Phi) is 5.30. The third kappa shape index (κ3) is 3.84. The van der Waals surface area contributed by atoms with Crippen molar-refractivity contribution in [1.29, 1.82) is 0 Å². The number of nitrogens with zero attached hydrogens (tertiary/aromatic N) is 4. The largest absolute Gasteiger partial charge is 0.381 e. The summed E-state index contributed by atoms with van der Waals surface area (Å²) in [5.74, 6) is 2.16. The summed E-state index contributed by atoms with van der Waals surface area (Å²) in [6.45, 7) is 8.50. The van der Waals surface area contributed by atoms with Gasteiger partial charge in [0.05, 0.1) is 11.7 Å². The van der Waals surface area contributed by atoms with Crippen LogP contribution in [0.25, 0.3) is 0 Å². The van der Waals surface area contributed by atoms with E-state index in [0.29, 0.717) is 11.8 Å². The number of nitrogens with one attached hydrogen (secondary N) is 1. The summed E-state index contributed by atoms with van der Waals surface area (Å²) in [6.07, 6.45) is 4.06. The quantitative estimate of drug-likeness (QED) is 0.875. The topological polar surface area (TPSA) is 78.0 Å². The summed E-state index contributed by atoms with van der Waals surface area (Å²) < 4.78 is 12.9. The number of hydrogen-bond acceptors (Lipinski definition) is 6. The molecule has 132 valence electrons. The predicted octanol–water partition coefficient (Wildman–Crippen LogP) is 2.49. The first-order valence-corrected chi connectivity index (χ1v) is 8.68. The summed E-state index contributed by atoms with van der Waals surface area (Å²) in [5, 5.41) is 12.2. The summed E-state index contributed by atoms with van der Waals surface area (Å²) in [7, 11) is 1.94. The Morgan fingerprint density at radius 3 is 2.67 bits per heavy atom. The van der Waals surface area contributed by atoms with E-state index in [1.807, 2.05) is 18.7 Å². The molecule has 0 spiro atoms. The van der Waals surface area contributed by atoms with Crippen LogP contribution >= 0.6 is 0 Å². The van der Waals surface area contributed by atoms with Gasteiger partial charge in [0.15, 0.2) is 5.82 Å². The average Bonchev–Trinajstić information content (AvgIpc) is 3.16. The summed E-state index contributed by atoms with van der Waals surface area (Å²) in [5.41, 5.74) is 2.24. The molecule has 2 aromatic rings. The zero-order valence-corrected chi connectivity index (χ0v) is 15.0. The second kappa shape index (κ2) is 7.44. The highest BCUT2D eigenvalue weighted by Gasteiger charge is 2.30. The van der Waals surface area contributed by atoms with E-state index in [2.05, 4.69) is 40.6 Å². The lowest BCUT2D eigenvalue weighted by molar-refractivity contribution is 0.0485. The molecule has 0 saturated carbocycles. The minimum absolute atomic E-state index is 0.0495. The lowest BCUT2D eigenvalue weighted by atomic mass is 9.91. The molecule has 1 N–H and O–H groups in total. The minimum Gasteiger partial charge on any atom is -0.381 e. The fraction of sp³-hybridized carbons (Fsp3) is 0.706. The van der Waals surface area contributed by atoms with Crippen molar-refractivity contribution in [3.8, 4) is 0 Å². The van der Waals surface area contributed by atoms with Crippen LogP contribution in [0.4, 0.5) is 0 Å². The number of rotatable bonds is 6. The van der Waals surface area contributed by atoms with Crippen molar-refractivity contribution >= 4 is 0 Å². The normalized spacial score (nSPS) is 17.5. The molecule has 0 aromatic carbocycles. The molecule has 0 aliphatic carbocycles. The van der Waals surface area contributed by atoms with Gasteiger partial charge in [0.25, 0.3) is 0 Å². The van der Waals surface area contributed by atoms with E-state index < -0.39 is 0 Å². The van der Waals surface area contributed by atoms with E-state index in [4.69, 9.17) is 9.26 Å². The van der Waals surface area contributed by atoms with Crippen LogP contribution in [0.1, 0.15) is 61.6 Å². The lowest BCUT2D eigenvalue weighted by Crippen LogP contribution is -2.32. The van der Waals surface area contributed by atoms with Crippen molar-refractivity contribution in [2.75, 3.05) is 13.2 Å². The molecule has 0 bridgehead atoms. The first kappa shape index (κ1) is 17.1. The SMILES string of the molecule is Cc1nn(C)cc1CN[C@@H](c1nc(C(C)C)no1)C1CCOCC1. The van der Waals surface area contributed by atoms with Gasteiger partial charge in [0.1, 0.15) is 0 Å². The Labute approximate surface area is 142 Å². The highest BCUT2D eigenvalue weighted by molar-refractivity contribution is 5.15. The Morgan fingerprint density at radius 1 is 1.33 bits per heavy atom. The molecular formula is C17H27N5O2. The first-order chi connectivity index (χ1) is 11.5. The van der Waals surface area contributed by atoms with E-state index in [1.54, 1.807) is 0 Å². The Balaban J connectivity index is 1.77. The van der Waals surface area contributed by atoms with Gasteiger partial charge in [-0.05, 0) is 25.7 Å². The van der Waals surface area contributed by atoms with Crippen molar-refractivity contribution < 1.29 is 9.26 Å². The number of ether oxygens (including phenoxy) is 1. The van der Waals surface area contributed by atoms with Crippen LogP contribution in [0.2, 0.25) is 0 Å². The molecule has 1 aliphatic heterocycles. The molecule has 7 nitrogen and oxygen atoms in total. The minimum atomic E-state index is 0.0495. The van der Waals surface area contributed by atoms with Gasteiger partial charge >= 0.3 is 0 Å². The van der Waals surface area contributed by atoms with Crippen LogP contribution < -0.4 is 5.32 Å². The summed E-state index contributed by atoms with van der Waals surface area (Å²) >= 11 is 0. The number of aromatic nitrogens is 4. The van der Waals surface area contributed by atoms with E-state index in [1.165, 1.54) is 5.56 Å². The maximum atomic E-state index is 5.58. The van der Waals surface area contributed by atoms with E-state index >= 15 is 0 Å². The van der Waals surface area contributed by atoms with Crippen LogP contribution in [0, 0.1) is 12.8 Å². The van der Waals surface area contributed by atoms with Gasteiger partial charge in [-0.15, -0.1) is 0 Å². The third-order valence-corrected chi connectivity index (χ3v) is 4.60. The van der Waals surface area contributed by atoms with Crippen LogP contribution in [0.3, 0.4) is 0 Å². The molecule has 2 aromatic heterocycles. The van der Waals surface area contributed by atoms with Crippen molar-refractivity contribution in [2.45, 2.75) is 52.1 Å². The van der Waals surface area contributed by atoms with Crippen molar-refractivity contribution in [3.05, 3.63) is 29.2 Å². The Bertz CT molecular complexity index is 658. The molecule has 1 aliphatic rings. The summed E-state index contributed by atoms with van der Waals surface area (Å²) in [6, 6.07) is 0.0495. The zero-order chi connectivity index (χ0) is 17.1. The van der Waals surface area contributed by atoms with Crippen LogP contribution in [0.5, 0.6) is 0 Å². The molecule has 0 radical (unpaired) electrons. The second-order valence-corrected chi connectivity index (χ2v) is 6.87. The molecule has 3 rings (SSSR count). The molecule has 3 heterocycles. The molecule has 7 heteroatoms. The van der Waals surface area contributed by atoms with Gasteiger partial charge in [0.2, 0.25) is 5.89 Å². The lowest BCUT2D eigenvalue weighted by Gasteiger charge is -2.28. The highest BCUT2D eigenvalue weighted by atomic mass is 16.5. The first-order valence-electron chi connectivity index (χ1n) is 8.68. The second-order valence-electron chi connectivity index (χ2n) is 6.87. The third-order valence-electron chi connectivity index (χ3n) is 4.60. The van der Waals surface area contributed by atoms with Gasteiger partial charge < -0.3 is 14.6 Å². The molecule has 0 amide bonds. The number of aryl methyl sites for hydroxylation is 2. The summed E-state index contributed by atoms with van der Waals surface area (Å²) in [4.78, 5) is 4.62. The van der Waals surface area contributed by atoms with E-state index in [-0.39, 0.29) is 12.0 Å². The van der Waals surface area contributed by atoms with Crippen molar-refractivity contribution in [1.82, 2.24) is 25.2 Å². The van der Waals surface area contributed by atoms with Crippen molar-refractivity contribution in [3.63, 3.8) is 0 Å². The molecule has 0 unspecified atom stereocenters. The predicted molar refractivity (Wildman–Crippen MR) is 89.5 cm³/mol. The Morgan fingerprint density at radius 2 is 2.08 bits per heavy atom. The van der Waals surface area contributed by atoms with Crippen LogP contribution in [0.15, 0.2) is 10.7 Å². The van der Waals surface area contributed by atoms with Crippen LogP contribution in [-0.4, -0.2) is 33.1 Å². The molecule has 24 heavy (non-hydrogen) atoms. The smallest absolute Gasteiger partial charge is 0.244 e. The van der Waals surface area contributed by atoms with Crippen molar-refractivity contribution in [2.24, 2.45) is 13.0 Å². The Hall–Kier alpha value is -1.73. The van der Waals surface area contributed by atoms with E-state index in [9.17, 15) is 0 Å². The maximum absolute atomic E-state index is 5.58. The van der Waals surface area contributed by atoms with Crippen LogP contribution in [-0.2, 0) is 18.3 Å². The average molecular weight is 333 g/mol. The monoisotopic (exact) mass is 333 g/mol. The van der Waals surface area contributed by atoms with Gasteiger partial charge in [-0.3, -0.25) is 4.68 Å². The van der Waals surface area contributed by atoms with E-state index in [0.717, 1.165) is 44.1 Å².